The molecule has 3 fully saturated rings. The Kier molecular flexibility index (Phi) is 11.4. The molecule has 0 N–H and O–H groups in total. The fourth-order valence-electron chi connectivity index (χ4n) is 7.29. The van der Waals surface area contributed by atoms with Gasteiger partial charge in [0.05, 0.1) is 33.0 Å². The van der Waals surface area contributed by atoms with Gasteiger partial charge in [0.2, 0.25) is 11.3 Å². The van der Waals surface area contributed by atoms with Gasteiger partial charge in [0.15, 0.2) is 12.2 Å². The van der Waals surface area contributed by atoms with Crippen LogP contribution in [0.4, 0.5) is 4.79 Å². The van der Waals surface area contributed by atoms with Crippen molar-refractivity contribution in [2.24, 2.45) is 0 Å². The summed E-state index contributed by atoms with van der Waals surface area (Å²) in [7, 11) is 1.33. The van der Waals surface area contributed by atoms with Crippen LogP contribution in [-0.2, 0) is 62.5 Å². The molecule has 1 amide bonds. The van der Waals surface area contributed by atoms with Gasteiger partial charge in [0, 0.05) is 19.0 Å². The maximum absolute atomic E-state index is 14.8. The summed E-state index contributed by atoms with van der Waals surface area (Å²) in [5.41, 5.74) is -2.63. The second-order valence-electron chi connectivity index (χ2n) is 14.9. The number of nitrogens with zero attached hydrogens (tertiary/aromatic N) is 2. The molecule has 3 saturated heterocycles. The number of carbonyl (C=O) groups is 2. The molecule has 290 valence electrons. The van der Waals surface area contributed by atoms with E-state index in [1.54, 1.807) is 20.8 Å². The topological polar surface area (TPSA) is 154 Å². The van der Waals surface area contributed by atoms with E-state index >= 15 is 0 Å². The Hall–Kier alpha value is -4.44. The number of fused-ring (bicyclic) bond motifs is 1. The van der Waals surface area contributed by atoms with E-state index in [1.807, 2.05) is 91.0 Å². The predicted octanol–water partition coefficient (Wildman–Crippen LogP) is 5.43. The molecule has 0 spiro atoms. The van der Waals surface area contributed by atoms with E-state index < -0.39 is 76.7 Å². The van der Waals surface area contributed by atoms with Crippen LogP contribution in [0.1, 0.15) is 51.3 Å². The molecule has 0 bridgehead atoms. The smallest absolute Gasteiger partial charge is 0.416 e. The fourth-order valence-corrected chi connectivity index (χ4v) is 7.29. The molecule has 3 aromatic carbocycles. The van der Waals surface area contributed by atoms with Crippen LogP contribution in [0, 0.1) is 10.1 Å². The van der Waals surface area contributed by atoms with Crippen molar-refractivity contribution in [1.82, 2.24) is 4.90 Å². The molecule has 3 aliphatic heterocycles. The minimum absolute atomic E-state index is 0.0352. The third kappa shape index (κ3) is 7.59. The van der Waals surface area contributed by atoms with Gasteiger partial charge in [-0.25, -0.2) is 9.59 Å². The zero-order valence-corrected chi connectivity index (χ0v) is 31.4. The van der Waals surface area contributed by atoms with Gasteiger partial charge in [-0.2, -0.15) is 0 Å². The van der Waals surface area contributed by atoms with Crippen molar-refractivity contribution < 1.29 is 52.4 Å². The molecule has 0 saturated carbocycles. The first-order valence-corrected chi connectivity index (χ1v) is 17.9. The van der Waals surface area contributed by atoms with Gasteiger partial charge < -0.3 is 37.9 Å². The van der Waals surface area contributed by atoms with Gasteiger partial charge in [-0.1, -0.05) is 91.0 Å². The molecule has 3 aliphatic rings. The summed E-state index contributed by atoms with van der Waals surface area (Å²) in [5.74, 6) is -2.70. The lowest BCUT2D eigenvalue weighted by atomic mass is 9.79. The van der Waals surface area contributed by atoms with Crippen molar-refractivity contribution in [1.29, 1.82) is 0 Å². The van der Waals surface area contributed by atoms with E-state index in [4.69, 9.17) is 37.9 Å². The summed E-state index contributed by atoms with van der Waals surface area (Å²) in [6.45, 7) is 7.52. The third-order valence-electron chi connectivity index (χ3n) is 10.2. The van der Waals surface area contributed by atoms with E-state index in [2.05, 4.69) is 0 Å². The standard InChI is InChI=1S/C40H48N2O12/c1-37(2,3)53-35(43)40(26-51-38(4)39(5,47-6)54-36(44)41(38)40)34-31(42(45)46)33(50-24-29-20-14-9-15-21-29)32(49-23-28-18-12-8-13-19-28)30(52-34)25-48-22-27-16-10-7-11-17-27/h7-21,30-34H,22-26H2,1-6H3/t30-,31-,32+,33-,34+,38+,39-,40-/m1/s1. The quantitative estimate of drug-likeness (QED) is 0.117. The van der Waals surface area contributed by atoms with Gasteiger partial charge in [-0.3, -0.25) is 15.0 Å². The number of benzene rings is 3. The molecule has 14 nitrogen and oxygen atoms in total. The number of esters is 1. The van der Waals surface area contributed by atoms with Gasteiger partial charge in [-0.05, 0) is 44.4 Å². The lowest BCUT2D eigenvalue weighted by molar-refractivity contribution is -0.565. The highest BCUT2D eigenvalue weighted by molar-refractivity contribution is 5.89. The maximum atomic E-state index is 14.8. The van der Waals surface area contributed by atoms with Crippen LogP contribution < -0.4 is 0 Å². The summed E-state index contributed by atoms with van der Waals surface area (Å²) < 4.78 is 49.6. The largest absolute Gasteiger partial charge is 0.458 e. The first-order chi connectivity index (χ1) is 25.7. The number of hydrogen-bond donors (Lipinski definition) is 0. The molecule has 3 heterocycles. The van der Waals surface area contributed by atoms with E-state index in [9.17, 15) is 19.7 Å². The van der Waals surface area contributed by atoms with Crippen molar-refractivity contribution in [2.45, 2.75) is 108 Å². The summed E-state index contributed by atoms with van der Waals surface area (Å²) >= 11 is 0. The SMILES string of the molecule is CO[C@]1(C)OC(=O)N2[C@@](C(=O)OC(C)(C)C)([C@H]3O[C@H](COCc4ccccc4)[C@H](OCc4ccccc4)[C@H](OCc4ccccc4)[C@H]3[N+](=O)[O-])CO[C@]21C. The Balaban J connectivity index is 1.48. The van der Waals surface area contributed by atoms with E-state index in [0.717, 1.165) is 21.6 Å². The highest BCUT2D eigenvalue weighted by Crippen LogP contribution is 2.53. The number of methoxy groups -OCH3 is 1. The fraction of sp³-hybridized carbons (Fsp3) is 0.500. The molecule has 14 heteroatoms. The number of cyclic esters (lactones) is 1. The van der Waals surface area contributed by atoms with Gasteiger partial charge in [-0.15, -0.1) is 0 Å². The van der Waals surface area contributed by atoms with Crippen LogP contribution in [0.2, 0.25) is 0 Å². The van der Waals surface area contributed by atoms with Crippen molar-refractivity contribution >= 4 is 12.1 Å². The number of carbonyl (C=O) groups excluding carboxylic acids is 2. The van der Waals surface area contributed by atoms with Crippen molar-refractivity contribution in [2.75, 3.05) is 20.3 Å². The van der Waals surface area contributed by atoms with Crippen molar-refractivity contribution in [3.8, 4) is 0 Å². The van der Waals surface area contributed by atoms with Crippen LogP contribution in [0.25, 0.3) is 0 Å². The zero-order chi connectivity index (χ0) is 38.7. The number of amides is 1. The van der Waals surface area contributed by atoms with Gasteiger partial charge in [0.25, 0.3) is 11.8 Å². The zero-order valence-electron chi connectivity index (χ0n) is 31.4. The average Bonchev–Trinajstić information content (AvgIpc) is 3.58. The minimum atomic E-state index is -2.26. The lowest BCUT2D eigenvalue weighted by Crippen LogP contribution is -2.75. The van der Waals surface area contributed by atoms with E-state index in [-0.39, 0.29) is 26.4 Å². The molecule has 0 unspecified atom stereocenters. The second-order valence-corrected chi connectivity index (χ2v) is 14.9. The van der Waals surface area contributed by atoms with Crippen molar-refractivity contribution in [3.05, 3.63) is 118 Å². The Morgan fingerprint density at radius 1 is 0.870 bits per heavy atom. The Morgan fingerprint density at radius 2 is 1.39 bits per heavy atom. The van der Waals surface area contributed by atoms with Crippen LogP contribution >= 0.6 is 0 Å². The van der Waals surface area contributed by atoms with Gasteiger partial charge in [0.1, 0.15) is 17.8 Å². The molecule has 0 radical (unpaired) electrons. The molecule has 0 aliphatic carbocycles. The third-order valence-corrected chi connectivity index (χ3v) is 10.2. The maximum Gasteiger partial charge on any atom is 0.416 e. The first-order valence-electron chi connectivity index (χ1n) is 17.9. The predicted molar refractivity (Wildman–Crippen MR) is 192 cm³/mol. The number of rotatable bonds is 14. The molecule has 8 atom stereocenters. The molecule has 3 aromatic rings. The summed E-state index contributed by atoms with van der Waals surface area (Å²) in [5, 5.41) is 13.6. The minimum Gasteiger partial charge on any atom is -0.458 e. The summed E-state index contributed by atoms with van der Waals surface area (Å²) in [6, 6.07) is 26.2. The van der Waals surface area contributed by atoms with Crippen molar-refractivity contribution in [3.63, 3.8) is 0 Å². The molecular formula is C40H48N2O12. The Morgan fingerprint density at radius 3 is 1.89 bits per heavy atom. The average molecular weight is 749 g/mol. The Bertz CT molecular complexity index is 1760. The lowest BCUT2D eigenvalue weighted by Gasteiger charge is -2.49. The van der Waals surface area contributed by atoms with Crippen LogP contribution in [0.15, 0.2) is 91.0 Å². The highest BCUT2D eigenvalue weighted by atomic mass is 16.8. The molecule has 0 aromatic heterocycles. The number of hydrogen-bond acceptors (Lipinski definition) is 12. The second kappa shape index (κ2) is 15.7. The first kappa shape index (κ1) is 39.3. The molecule has 6 rings (SSSR count). The van der Waals surface area contributed by atoms with Crippen LogP contribution in [0.5, 0.6) is 0 Å². The van der Waals surface area contributed by atoms with Gasteiger partial charge >= 0.3 is 12.1 Å². The van der Waals surface area contributed by atoms with Crippen LogP contribution in [-0.4, -0.2) is 95.3 Å². The normalized spacial score (nSPS) is 30.8. The monoisotopic (exact) mass is 748 g/mol. The summed E-state index contributed by atoms with van der Waals surface area (Å²) in [4.78, 5) is 42.8. The molecule has 54 heavy (non-hydrogen) atoms. The summed E-state index contributed by atoms with van der Waals surface area (Å²) in [6.07, 6.45) is -6.21. The number of ether oxygens (including phenoxy) is 8. The van der Waals surface area contributed by atoms with Crippen LogP contribution in [0.3, 0.4) is 0 Å². The van der Waals surface area contributed by atoms with E-state index in [0.29, 0.717) is 0 Å². The van der Waals surface area contributed by atoms with E-state index in [1.165, 1.54) is 21.0 Å². The number of nitro groups is 1. The Labute approximate surface area is 314 Å². The highest BCUT2D eigenvalue weighted by Gasteiger charge is 2.79. The molecular weight excluding hydrogens is 700 g/mol.